The molecule has 0 N–H and O–H groups in total. The Bertz CT molecular complexity index is 828. The minimum atomic E-state index is -3.54. The van der Waals surface area contributed by atoms with Crippen LogP contribution in [-0.4, -0.2) is 66.2 Å². The van der Waals surface area contributed by atoms with E-state index in [0.29, 0.717) is 55.1 Å². The van der Waals surface area contributed by atoms with Gasteiger partial charge >= 0.3 is 5.97 Å². The molecule has 29 heavy (non-hydrogen) atoms. The first-order valence-corrected chi connectivity index (χ1v) is 12.1. The number of sulfonamides is 1. The molecule has 0 saturated carbocycles. The molecule has 0 spiro atoms. The first-order chi connectivity index (χ1) is 13.7. The SMILES string of the molecule is CCOC(=O)[C@@H]1CCCN(Cn2nc(C)c(S(=O)(=O)N3CCC(C)CC3)c2C)C1. The second kappa shape index (κ2) is 9.14. The van der Waals surface area contributed by atoms with E-state index in [1.165, 1.54) is 0 Å². The van der Waals surface area contributed by atoms with E-state index in [9.17, 15) is 13.2 Å². The summed E-state index contributed by atoms with van der Waals surface area (Å²) < 4.78 is 35.0. The summed E-state index contributed by atoms with van der Waals surface area (Å²) in [6.07, 6.45) is 3.54. The lowest BCUT2D eigenvalue weighted by atomic mass is 9.99. The molecule has 8 nitrogen and oxygen atoms in total. The Morgan fingerprint density at radius 2 is 1.86 bits per heavy atom. The number of rotatable bonds is 6. The van der Waals surface area contributed by atoms with E-state index in [1.54, 1.807) is 15.9 Å². The van der Waals surface area contributed by atoms with Gasteiger partial charge in [-0.1, -0.05) is 6.92 Å². The number of hydrogen-bond acceptors (Lipinski definition) is 6. The minimum absolute atomic E-state index is 0.126. The molecule has 2 aliphatic rings. The first kappa shape index (κ1) is 22.2. The summed E-state index contributed by atoms with van der Waals surface area (Å²) >= 11 is 0. The molecule has 3 heterocycles. The highest BCUT2D eigenvalue weighted by molar-refractivity contribution is 7.89. The van der Waals surface area contributed by atoms with Crippen molar-refractivity contribution in [3.05, 3.63) is 11.4 Å². The number of ether oxygens (including phenoxy) is 1. The van der Waals surface area contributed by atoms with Crippen molar-refractivity contribution >= 4 is 16.0 Å². The fourth-order valence-corrected chi connectivity index (χ4v) is 6.21. The van der Waals surface area contributed by atoms with Crippen molar-refractivity contribution in [3.63, 3.8) is 0 Å². The Hall–Kier alpha value is -1.45. The summed E-state index contributed by atoms with van der Waals surface area (Å²) in [6.45, 7) is 11.1. The maximum Gasteiger partial charge on any atom is 0.310 e. The lowest BCUT2D eigenvalue weighted by Crippen LogP contribution is -2.40. The van der Waals surface area contributed by atoms with Gasteiger partial charge in [0, 0.05) is 19.6 Å². The zero-order chi connectivity index (χ0) is 21.2. The predicted molar refractivity (Wildman–Crippen MR) is 110 cm³/mol. The van der Waals surface area contributed by atoms with Crippen molar-refractivity contribution in [2.75, 3.05) is 32.8 Å². The molecule has 1 aromatic heterocycles. The highest BCUT2D eigenvalue weighted by Gasteiger charge is 2.34. The standard InChI is InChI=1S/C20H34N4O4S/c1-5-28-20(25)18-7-6-10-22(13-18)14-24-17(4)19(16(3)21-24)29(26,27)23-11-8-15(2)9-12-23/h15,18H,5-14H2,1-4H3/t18-/m1/s1. The quantitative estimate of drug-likeness (QED) is 0.648. The van der Waals surface area contributed by atoms with Gasteiger partial charge in [-0.3, -0.25) is 14.4 Å². The molecular formula is C20H34N4O4S. The maximum absolute atomic E-state index is 13.3. The lowest BCUT2D eigenvalue weighted by molar-refractivity contribution is -0.150. The van der Waals surface area contributed by atoms with Crippen molar-refractivity contribution in [2.24, 2.45) is 11.8 Å². The van der Waals surface area contributed by atoms with Crippen molar-refractivity contribution in [2.45, 2.75) is 64.9 Å². The molecular weight excluding hydrogens is 392 g/mol. The molecule has 0 radical (unpaired) electrons. The summed E-state index contributed by atoms with van der Waals surface area (Å²) in [4.78, 5) is 14.6. The summed E-state index contributed by atoms with van der Waals surface area (Å²) in [6, 6.07) is 0. The molecule has 2 saturated heterocycles. The molecule has 2 aliphatic heterocycles. The highest BCUT2D eigenvalue weighted by atomic mass is 32.2. The van der Waals surface area contributed by atoms with Crippen LogP contribution >= 0.6 is 0 Å². The van der Waals surface area contributed by atoms with E-state index < -0.39 is 10.0 Å². The molecule has 1 aromatic rings. The summed E-state index contributed by atoms with van der Waals surface area (Å²) in [7, 11) is -3.54. The van der Waals surface area contributed by atoms with Crippen LogP contribution < -0.4 is 0 Å². The number of aromatic nitrogens is 2. The number of aryl methyl sites for hydroxylation is 1. The van der Waals surface area contributed by atoms with Crippen LogP contribution in [0.2, 0.25) is 0 Å². The molecule has 0 aliphatic carbocycles. The van der Waals surface area contributed by atoms with Crippen molar-refractivity contribution in [3.8, 4) is 0 Å². The molecule has 0 unspecified atom stereocenters. The van der Waals surface area contributed by atoms with Gasteiger partial charge in [0.05, 0.1) is 30.6 Å². The second-order valence-electron chi connectivity index (χ2n) is 8.40. The van der Waals surface area contributed by atoms with Gasteiger partial charge in [-0.25, -0.2) is 8.42 Å². The minimum Gasteiger partial charge on any atom is -0.466 e. The molecule has 9 heteroatoms. The Kier molecular flexibility index (Phi) is 7.01. The van der Waals surface area contributed by atoms with Crippen LogP contribution in [0.3, 0.4) is 0 Å². The molecule has 164 valence electrons. The fraction of sp³-hybridized carbons (Fsp3) is 0.800. The van der Waals surface area contributed by atoms with Gasteiger partial charge < -0.3 is 4.74 Å². The normalized spacial score (nSPS) is 22.7. The molecule has 0 bridgehead atoms. The van der Waals surface area contributed by atoms with Gasteiger partial charge in [0.15, 0.2) is 0 Å². The molecule has 0 amide bonds. The van der Waals surface area contributed by atoms with Crippen LogP contribution in [0, 0.1) is 25.7 Å². The van der Waals surface area contributed by atoms with Crippen molar-refractivity contribution in [1.29, 1.82) is 0 Å². The van der Waals surface area contributed by atoms with Gasteiger partial charge in [-0.05, 0) is 58.9 Å². The van der Waals surface area contributed by atoms with Gasteiger partial charge in [-0.15, -0.1) is 0 Å². The molecule has 3 rings (SSSR count). The van der Waals surface area contributed by atoms with E-state index >= 15 is 0 Å². The summed E-state index contributed by atoms with van der Waals surface area (Å²) in [5.41, 5.74) is 1.21. The average molecular weight is 427 g/mol. The first-order valence-electron chi connectivity index (χ1n) is 10.7. The number of carbonyl (C=O) groups excluding carboxylic acids is 1. The van der Waals surface area contributed by atoms with E-state index in [-0.39, 0.29) is 11.9 Å². The largest absolute Gasteiger partial charge is 0.466 e. The van der Waals surface area contributed by atoms with Gasteiger partial charge in [-0.2, -0.15) is 9.40 Å². The number of hydrogen-bond donors (Lipinski definition) is 0. The number of piperidine rings is 2. The fourth-order valence-electron chi connectivity index (χ4n) is 4.37. The Morgan fingerprint density at radius 1 is 1.17 bits per heavy atom. The number of carbonyl (C=O) groups is 1. The van der Waals surface area contributed by atoms with Gasteiger partial charge in [0.1, 0.15) is 4.90 Å². The Labute approximate surface area is 174 Å². The second-order valence-corrected chi connectivity index (χ2v) is 10.3. The third-order valence-electron chi connectivity index (χ3n) is 6.11. The zero-order valence-corrected chi connectivity index (χ0v) is 18.9. The third kappa shape index (κ3) is 4.83. The lowest BCUT2D eigenvalue weighted by Gasteiger charge is -2.31. The molecule has 2 fully saturated rings. The monoisotopic (exact) mass is 426 g/mol. The van der Waals surface area contributed by atoms with E-state index in [1.807, 2.05) is 13.8 Å². The van der Waals surface area contributed by atoms with Crippen LogP contribution in [-0.2, 0) is 26.2 Å². The van der Waals surface area contributed by atoms with Crippen LogP contribution in [0.15, 0.2) is 4.90 Å². The van der Waals surface area contributed by atoms with Gasteiger partial charge in [0.25, 0.3) is 0 Å². The Morgan fingerprint density at radius 3 is 2.52 bits per heavy atom. The van der Waals surface area contributed by atoms with Crippen molar-refractivity contribution in [1.82, 2.24) is 19.0 Å². The number of likely N-dealkylation sites (tertiary alicyclic amines) is 1. The maximum atomic E-state index is 13.3. The van der Waals surface area contributed by atoms with Crippen LogP contribution in [0.5, 0.6) is 0 Å². The number of nitrogens with zero attached hydrogens (tertiary/aromatic N) is 4. The summed E-state index contributed by atoms with van der Waals surface area (Å²) in [5, 5.41) is 4.54. The van der Waals surface area contributed by atoms with Gasteiger partial charge in [0.2, 0.25) is 10.0 Å². The molecule has 1 atom stereocenters. The smallest absolute Gasteiger partial charge is 0.310 e. The van der Waals surface area contributed by atoms with Crippen LogP contribution in [0.1, 0.15) is 50.9 Å². The Balaban J connectivity index is 1.75. The van der Waals surface area contributed by atoms with E-state index in [0.717, 1.165) is 32.2 Å². The topological polar surface area (TPSA) is 84.7 Å². The van der Waals surface area contributed by atoms with E-state index in [2.05, 4.69) is 16.9 Å². The van der Waals surface area contributed by atoms with Crippen LogP contribution in [0.25, 0.3) is 0 Å². The van der Waals surface area contributed by atoms with Crippen molar-refractivity contribution < 1.29 is 17.9 Å². The predicted octanol–water partition coefficient (Wildman–Crippen LogP) is 2.15. The summed E-state index contributed by atoms with van der Waals surface area (Å²) in [5.74, 6) is 0.296. The van der Waals surface area contributed by atoms with E-state index in [4.69, 9.17) is 4.74 Å². The zero-order valence-electron chi connectivity index (χ0n) is 18.1. The third-order valence-corrected chi connectivity index (χ3v) is 8.27. The highest BCUT2D eigenvalue weighted by Crippen LogP contribution is 2.28. The molecule has 0 aromatic carbocycles. The number of esters is 1. The average Bonchev–Trinajstić information content (AvgIpc) is 2.96. The van der Waals surface area contributed by atoms with Crippen LogP contribution in [0.4, 0.5) is 0 Å².